The van der Waals surface area contributed by atoms with Crippen molar-refractivity contribution in [3.8, 4) is 5.75 Å². The summed E-state index contributed by atoms with van der Waals surface area (Å²) >= 11 is 0. The first-order valence-corrected chi connectivity index (χ1v) is 10.7. The van der Waals surface area contributed by atoms with E-state index in [1.165, 1.54) is 43.3 Å². The number of carbonyl (C=O) groups is 1. The van der Waals surface area contributed by atoms with Crippen LogP contribution in [0.15, 0.2) is 72.8 Å². The molecule has 1 fully saturated rings. The van der Waals surface area contributed by atoms with Crippen LogP contribution in [0.25, 0.3) is 0 Å². The molecule has 3 N–H and O–H groups in total. The van der Waals surface area contributed by atoms with E-state index in [1.807, 2.05) is 0 Å². The van der Waals surface area contributed by atoms with Crippen molar-refractivity contribution in [3.63, 3.8) is 0 Å². The maximum Gasteiger partial charge on any atom is 0.303 e. The van der Waals surface area contributed by atoms with E-state index in [0.29, 0.717) is 24.0 Å². The van der Waals surface area contributed by atoms with E-state index in [-0.39, 0.29) is 17.6 Å². The molecule has 0 bridgehead atoms. The first kappa shape index (κ1) is 22.9. The summed E-state index contributed by atoms with van der Waals surface area (Å²) in [6, 6.07) is 17.9. The van der Waals surface area contributed by atoms with Crippen LogP contribution in [0.2, 0.25) is 0 Å². The number of benzene rings is 3. The Morgan fingerprint density at radius 2 is 1.58 bits per heavy atom. The molecular formula is C26H25F2NO4. The minimum absolute atomic E-state index is 0.110. The number of ether oxygens (including phenoxy) is 1. The van der Waals surface area contributed by atoms with Crippen LogP contribution in [-0.2, 0) is 15.3 Å². The standard InChI is InChI=1S/C26H25F2NO4/c1-16(30)33-24(17-2-8-20(27)9-3-17)15-14-23-25(18-4-12-22(31)13-5-18)26(32,29-23)19-6-10-21(28)11-7-19/h2-13,23-25,29,31-32H,14-15H2,1H3/t23-,24+,25+,26+/m1/s1. The predicted octanol–water partition coefficient (Wildman–Crippen LogP) is 4.66. The van der Waals surface area contributed by atoms with Gasteiger partial charge >= 0.3 is 5.97 Å². The molecule has 7 heteroatoms. The first-order valence-electron chi connectivity index (χ1n) is 10.7. The van der Waals surface area contributed by atoms with E-state index in [1.54, 1.807) is 36.4 Å². The van der Waals surface area contributed by atoms with E-state index in [9.17, 15) is 23.8 Å². The van der Waals surface area contributed by atoms with Crippen molar-refractivity contribution in [2.24, 2.45) is 0 Å². The highest BCUT2D eigenvalue weighted by Crippen LogP contribution is 2.48. The van der Waals surface area contributed by atoms with Gasteiger partial charge in [-0.15, -0.1) is 0 Å². The minimum atomic E-state index is -1.43. The molecule has 0 unspecified atom stereocenters. The summed E-state index contributed by atoms with van der Waals surface area (Å²) in [5.74, 6) is -1.50. The molecule has 4 atom stereocenters. The Hall–Kier alpha value is -3.29. The van der Waals surface area contributed by atoms with Crippen LogP contribution in [0.1, 0.15) is 48.5 Å². The number of hydrogen-bond donors (Lipinski definition) is 3. The van der Waals surface area contributed by atoms with Gasteiger partial charge in [0.25, 0.3) is 0 Å². The number of halogens is 2. The molecule has 1 aliphatic rings. The second-order valence-electron chi connectivity index (χ2n) is 8.32. The molecule has 0 radical (unpaired) electrons. The number of phenols is 1. The zero-order valence-electron chi connectivity index (χ0n) is 18.0. The van der Waals surface area contributed by atoms with Crippen molar-refractivity contribution in [3.05, 3.63) is 101 Å². The highest BCUT2D eigenvalue weighted by molar-refractivity contribution is 5.66. The number of aliphatic hydroxyl groups is 1. The zero-order valence-corrected chi connectivity index (χ0v) is 18.0. The average Bonchev–Trinajstić information content (AvgIpc) is 2.77. The normalized spacial score (nSPS) is 22.9. The van der Waals surface area contributed by atoms with Crippen LogP contribution in [0, 0.1) is 11.6 Å². The Morgan fingerprint density at radius 1 is 1.00 bits per heavy atom. The summed E-state index contributed by atoms with van der Waals surface area (Å²) in [6.07, 6.45) is 0.409. The van der Waals surface area contributed by atoms with E-state index < -0.39 is 29.5 Å². The zero-order chi connectivity index (χ0) is 23.6. The highest BCUT2D eigenvalue weighted by Gasteiger charge is 2.54. The van der Waals surface area contributed by atoms with Crippen molar-refractivity contribution in [2.75, 3.05) is 0 Å². The number of carbonyl (C=O) groups excluding carboxylic acids is 1. The fourth-order valence-corrected chi connectivity index (χ4v) is 4.51. The predicted molar refractivity (Wildman–Crippen MR) is 118 cm³/mol. The Morgan fingerprint density at radius 3 is 2.15 bits per heavy atom. The molecule has 5 nitrogen and oxygen atoms in total. The van der Waals surface area contributed by atoms with Gasteiger partial charge in [-0.1, -0.05) is 36.4 Å². The fourth-order valence-electron chi connectivity index (χ4n) is 4.51. The largest absolute Gasteiger partial charge is 0.508 e. The Labute approximate surface area is 190 Å². The van der Waals surface area contributed by atoms with Crippen LogP contribution in [0.4, 0.5) is 8.78 Å². The third-order valence-electron chi connectivity index (χ3n) is 6.08. The van der Waals surface area contributed by atoms with Crippen molar-refractivity contribution >= 4 is 5.97 Å². The Balaban J connectivity index is 1.57. The molecule has 0 spiro atoms. The summed E-state index contributed by atoms with van der Waals surface area (Å²) in [4.78, 5) is 11.6. The van der Waals surface area contributed by atoms with E-state index in [2.05, 4.69) is 5.32 Å². The maximum absolute atomic E-state index is 13.4. The van der Waals surface area contributed by atoms with Crippen LogP contribution in [0.5, 0.6) is 5.75 Å². The van der Waals surface area contributed by atoms with Gasteiger partial charge < -0.3 is 14.9 Å². The topological polar surface area (TPSA) is 78.8 Å². The van der Waals surface area contributed by atoms with Gasteiger partial charge in [0, 0.05) is 18.9 Å². The number of esters is 1. The summed E-state index contributed by atoms with van der Waals surface area (Å²) in [5.41, 5.74) is 0.575. The second-order valence-corrected chi connectivity index (χ2v) is 8.32. The number of phenolic OH excluding ortho intramolecular Hbond substituents is 1. The molecular weight excluding hydrogens is 428 g/mol. The minimum Gasteiger partial charge on any atom is -0.508 e. The van der Waals surface area contributed by atoms with Gasteiger partial charge in [0.05, 0.1) is 0 Å². The van der Waals surface area contributed by atoms with Crippen LogP contribution in [-0.4, -0.2) is 22.2 Å². The van der Waals surface area contributed by atoms with Crippen molar-refractivity contribution in [2.45, 2.75) is 43.6 Å². The second kappa shape index (κ2) is 9.29. The van der Waals surface area contributed by atoms with Crippen LogP contribution >= 0.6 is 0 Å². The lowest BCUT2D eigenvalue weighted by molar-refractivity contribution is -0.148. The molecule has 4 rings (SSSR count). The maximum atomic E-state index is 13.4. The van der Waals surface area contributed by atoms with Gasteiger partial charge in [-0.3, -0.25) is 10.1 Å². The molecule has 0 aliphatic carbocycles. The molecule has 3 aromatic rings. The number of aromatic hydroxyl groups is 1. The number of rotatable bonds is 7. The molecule has 3 aromatic carbocycles. The number of nitrogens with one attached hydrogen (secondary N) is 1. The highest BCUT2D eigenvalue weighted by atomic mass is 19.1. The monoisotopic (exact) mass is 453 g/mol. The van der Waals surface area contributed by atoms with E-state index >= 15 is 0 Å². The lowest BCUT2D eigenvalue weighted by Crippen LogP contribution is -2.67. The molecule has 0 amide bonds. The van der Waals surface area contributed by atoms with Gasteiger partial charge in [0.15, 0.2) is 5.72 Å². The Kier molecular flexibility index (Phi) is 6.44. The summed E-state index contributed by atoms with van der Waals surface area (Å²) in [6.45, 7) is 1.32. The lowest BCUT2D eigenvalue weighted by atomic mass is 9.69. The molecule has 33 heavy (non-hydrogen) atoms. The molecule has 1 aliphatic heterocycles. The van der Waals surface area contributed by atoms with Gasteiger partial charge in [0.1, 0.15) is 23.5 Å². The van der Waals surface area contributed by atoms with Gasteiger partial charge in [-0.25, -0.2) is 8.78 Å². The third kappa shape index (κ3) is 4.89. The summed E-state index contributed by atoms with van der Waals surface area (Å²) in [5, 5.41) is 24.3. The summed E-state index contributed by atoms with van der Waals surface area (Å²) in [7, 11) is 0. The third-order valence-corrected chi connectivity index (χ3v) is 6.08. The van der Waals surface area contributed by atoms with Gasteiger partial charge in [-0.05, 0) is 65.9 Å². The Bertz CT molecular complexity index is 1100. The molecule has 0 saturated carbocycles. The van der Waals surface area contributed by atoms with E-state index in [4.69, 9.17) is 4.74 Å². The van der Waals surface area contributed by atoms with Gasteiger partial charge in [-0.2, -0.15) is 0 Å². The van der Waals surface area contributed by atoms with Crippen molar-refractivity contribution in [1.82, 2.24) is 5.32 Å². The average molecular weight is 453 g/mol. The van der Waals surface area contributed by atoms with Gasteiger partial charge in [0.2, 0.25) is 0 Å². The van der Waals surface area contributed by atoms with Crippen LogP contribution < -0.4 is 5.32 Å². The lowest BCUT2D eigenvalue weighted by Gasteiger charge is -2.54. The molecule has 1 saturated heterocycles. The molecule has 1 heterocycles. The molecule has 172 valence electrons. The van der Waals surface area contributed by atoms with Crippen LogP contribution in [0.3, 0.4) is 0 Å². The molecule has 0 aromatic heterocycles. The van der Waals surface area contributed by atoms with E-state index in [0.717, 1.165) is 5.56 Å². The first-order chi connectivity index (χ1) is 15.8. The summed E-state index contributed by atoms with van der Waals surface area (Å²) < 4.78 is 32.3. The number of hydrogen-bond acceptors (Lipinski definition) is 5. The van der Waals surface area contributed by atoms with Crippen molar-refractivity contribution in [1.29, 1.82) is 0 Å². The fraction of sp³-hybridized carbons (Fsp3) is 0.269. The van der Waals surface area contributed by atoms with Crippen molar-refractivity contribution < 1.29 is 28.5 Å². The smallest absolute Gasteiger partial charge is 0.303 e. The SMILES string of the molecule is CC(=O)O[C@@H](CC[C@H]1N[C@](O)(c2ccc(F)cc2)[C@H]1c1ccc(O)cc1)c1ccc(F)cc1. The quantitative estimate of drug-likeness (QED) is 0.454.